The molecule has 8 heteroatoms. The van der Waals surface area contributed by atoms with Crippen LogP contribution in [0.25, 0.3) is 0 Å². The Bertz CT molecular complexity index is 880. The monoisotopic (exact) mass is 505 g/mol. The third-order valence-electron chi connectivity index (χ3n) is 6.63. The maximum atomic E-state index is 14.3. The molecule has 1 aliphatic rings. The molecule has 2 heterocycles. The summed E-state index contributed by atoms with van der Waals surface area (Å²) < 4.78 is 19.8. The molecule has 2 atom stereocenters. The number of rotatable bonds is 15. The molecule has 1 aliphatic heterocycles. The van der Waals surface area contributed by atoms with Gasteiger partial charge in [0.25, 0.3) is 0 Å². The lowest BCUT2D eigenvalue weighted by molar-refractivity contribution is 0.0778. The molecule has 0 aliphatic carbocycles. The SMILES string of the molecule is CCCC(CCCNC1CCOCC1)C[C@H](C)CNc1nc(NCc2ccccc2Cl)ncc1F. The van der Waals surface area contributed by atoms with Crippen molar-refractivity contribution in [3.8, 4) is 0 Å². The zero-order valence-corrected chi connectivity index (χ0v) is 21.9. The Hall–Kier alpha value is -1.96. The number of nitrogens with one attached hydrogen (secondary N) is 3. The normalized spacial score (nSPS) is 16.1. The number of hydrogen-bond donors (Lipinski definition) is 3. The minimum absolute atomic E-state index is 0.237. The molecule has 1 saturated heterocycles. The molecular weight excluding hydrogens is 465 g/mol. The molecule has 3 N–H and O–H groups in total. The van der Waals surface area contributed by atoms with Crippen LogP contribution in [0.2, 0.25) is 5.02 Å². The first-order valence-corrected chi connectivity index (χ1v) is 13.5. The van der Waals surface area contributed by atoms with Gasteiger partial charge in [0, 0.05) is 37.4 Å². The van der Waals surface area contributed by atoms with Gasteiger partial charge in [-0.05, 0) is 62.1 Å². The van der Waals surface area contributed by atoms with Crippen LogP contribution in [0.3, 0.4) is 0 Å². The molecule has 0 bridgehead atoms. The Labute approximate surface area is 214 Å². The summed E-state index contributed by atoms with van der Waals surface area (Å²) in [5.41, 5.74) is 0.940. The lowest BCUT2D eigenvalue weighted by Crippen LogP contribution is -2.35. The zero-order valence-electron chi connectivity index (χ0n) is 21.2. The van der Waals surface area contributed by atoms with E-state index in [2.05, 4.69) is 39.8 Å². The van der Waals surface area contributed by atoms with Crippen LogP contribution in [0.5, 0.6) is 0 Å². The number of hydrogen-bond acceptors (Lipinski definition) is 6. The molecule has 35 heavy (non-hydrogen) atoms. The highest BCUT2D eigenvalue weighted by Crippen LogP contribution is 2.23. The van der Waals surface area contributed by atoms with Gasteiger partial charge in [-0.3, -0.25) is 0 Å². The van der Waals surface area contributed by atoms with Crippen LogP contribution >= 0.6 is 11.6 Å². The summed E-state index contributed by atoms with van der Waals surface area (Å²) >= 11 is 6.21. The lowest BCUT2D eigenvalue weighted by atomic mass is 9.88. The van der Waals surface area contributed by atoms with Gasteiger partial charge in [0.15, 0.2) is 11.6 Å². The molecule has 0 radical (unpaired) electrons. The molecular formula is C27H41ClFN5O. The summed E-state index contributed by atoms with van der Waals surface area (Å²) in [5.74, 6) is 1.29. The Kier molecular flexibility index (Phi) is 12.0. The van der Waals surface area contributed by atoms with Gasteiger partial charge in [-0.25, -0.2) is 9.37 Å². The second-order valence-electron chi connectivity index (χ2n) is 9.69. The van der Waals surface area contributed by atoms with Crippen molar-refractivity contribution in [3.63, 3.8) is 0 Å². The Morgan fingerprint density at radius 3 is 2.74 bits per heavy atom. The van der Waals surface area contributed by atoms with E-state index in [0.717, 1.165) is 44.6 Å². The van der Waals surface area contributed by atoms with Crippen molar-refractivity contribution < 1.29 is 9.13 Å². The van der Waals surface area contributed by atoms with Crippen molar-refractivity contribution in [2.24, 2.45) is 11.8 Å². The van der Waals surface area contributed by atoms with E-state index in [1.54, 1.807) is 0 Å². The maximum Gasteiger partial charge on any atom is 0.225 e. The van der Waals surface area contributed by atoms with E-state index in [-0.39, 0.29) is 5.82 Å². The predicted octanol–water partition coefficient (Wildman–Crippen LogP) is 6.28. The Morgan fingerprint density at radius 2 is 1.97 bits per heavy atom. The topological polar surface area (TPSA) is 71.1 Å². The summed E-state index contributed by atoms with van der Waals surface area (Å²) in [4.78, 5) is 8.41. The Balaban J connectivity index is 1.42. The molecule has 2 aromatic rings. The average Bonchev–Trinajstić information content (AvgIpc) is 2.87. The van der Waals surface area contributed by atoms with Crippen LogP contribution in [0.1, 0.15) is 64.4 Å². The number of anilines is 2. The predicted molar refractivity (Wildman–Crippen MR) is 143 cm³/mol. The number of benzene rings is 1. The first-order valence-electron chi connectivity index (χ1n) is 13.1. The van der Waals surface area contributed by atoms with Crippen LogP contribution in [0, 0.1) is 17.7 Å². The molecule has 0 amide bonds. The molecule has 194 valence electrons. The number of halogens is 2. The smallest absolute Gasteiger partial charge is 0.225 e. The summed E-state index contributed by atoms with van der Waals surface area (Å²) in [6.07, 6.45) is 9.44. The quantitative estimate of drug-likeness (QED) is 0.247. The highest BCUT2D eigenvalue weighted by molar-refractivity contribution is 6.31. The van der Waals surface area contributed by atoms with Crippen LogP contribution < -0.4 is 16.0 Å². The van der Waals surface area contributed by atoms with Gasteiger partial charge in [0.05, 0.1) is 6.20 Å². The zero-order chi connectivity index (χ0) is 24.9. The summed E-state index contributed by atoms with van der Waals surface area (Å²) in [6, 6.07) is 8.21. The minimum atomic E-state index is -0.440. The van der Waals surface area contributed by atoms with Gasteiger partial charge in [-0.2, -0.15) is 4.98 Å². The molecule has 0 spiro atoms. The van der Waals surface area contributed by atoms with Gasteiger partial charge in [0.2, 0.25) is 5.95 Å². The van der Waals surface area contributed by atoms with Gasteiger partial charge < -0.3 is 20.7 Å². The van der Waals surface area contributed by atoms with Crippen molar-refractivity contribution in [2.45, 2.75) is 71.4 Å². The molecule has 3 rings (SSSR count). The maximum absolute atomic E-state index is 14.3. The highest BCUT2D eigenvalue weighted by Gasteiger charge is 2.16. The standard InChI is InChI=1S/C27H41ClFN5O/c1-3-7-21(8-6-13-30-23-11-14-35-15-12-23)16-20(2)17-31-26-25(29)19-33-27(34-26)32-18-22-9-4-5-10-24(22)28/h4-5,9-10,19-21,23,30H,3,6-8,11-18H2,1-2H3,(H2,31,32,33,34)/t20-,21?/m0/s1. The summed E-state index contributed by atoms with van der Waals surface area (Å²) in [6.45, 7) is 8.48. The average molecular weight is 506 g/mol. The van der Waals surface area contributed by atoms with E-state index in [1.807, 2.05) is 24.3 Å². The van der Waals surface area contributed by atoms with Crippen molar-refractivity contribution in [1.82, 2.24) is 15.3 Å². The van der Waals surface area contributed by atoms with E-state index in [0.29, 0.717) is 41.9 Å². The van der Waals surface area contributed by atoms with E-state index < -0.39 is 5.82 Å². The van der Waals surface area contributed by atoms with Gasteiger partial charge in [-0.1, -0.05) is 56.5 Å². The largest absolute Gasteiger partial charge is 0.381 e. The van der Waals surface area contributed by atoms with Gasteiger partial charge in [0.1, 0.15) is 0 Å². The van der Waals surface area contributed by atoms with E-state index in [9.17, 15) is 4.39 Å². The van der Waals surface area contributed by atoms with E-state index in [1.165, 1.54) is 31.9 Å². The fourth-order valence-corrected chi connectivity index (χ4v) is 4.91. The van der Waals surface area contributed by atoms with E-state index in [4.69, 9.17) is 16.3 Å². The molecule has 1 unspecified atom stereocenters. The Morgan fingerprint density at radius 1 is 1.17 bits per heavy atom. The molecule has 1 fully saturated rings. The second kappa shape index (κ2) is 15.2. The number of nitrogens with zero attached hydrogens (tertiary/aromatic N) is 2. The van der Waals surface area contributed by atoms with Crippen molar-refractivity contribution in [3.05, 3.63) is 46.9 Å². The van der Waals surface area contributed by atoms with Crippen molar-refractivity contribution in [1.29, 1.82) is 0 Å². The third kappa shape index (κ3) is 9.90. The fraction of sp³-hybridized carbons (Fsp3) is 0.630. The molecule has 1 aromatic heterocycles. The lowest BCUT2D eigenvalue weighted by Gasteiger charge is -2.24. The van der Waals surface area contributed by atoms with Crippen molar-refractivity contribution >= 4 is 23.4 Å². The van der Waals surface area contributed by atoms with Gasteiger partial charge in [-0.15, -0.1) is 0 Å². The summed E-state index contributed by atoms with van der Waals surface area (Å²) in [5, 5.41) is 10.7. The first-order chi connectivity index (χ1) is 17.0. The van der Waals surface area contributed by atoms with Crippen LogP contribution in [0.4, 0.5) is 16.2 Å². The highest BCUT2D eigenvalue weighted by atomic mass is 35.5. The van der Waals surface area contributed by atoms with E-state index >= 15 is 0 Å². The first kappa shape index (κ1) is 27.6. The third-order valence-corrected chi connectivity index (χ3v) is 7.00. The fourth-order valence-electron chi connectivity index (χ4n) is 4.70. The van der Waals surface area contributed by atoms with Crippen LogP contribution in [-0.2, 0) is 11.3 Å². The minimum Gasteiger partial charge on any atom is -0.381 e. The van der Waals surface area contributed by atoms with Crippen molar-refractivity contribution in [2.75, 3.05) is 36.9 Å². The van der Waals surface area contributed by atoms with Crippen LogP contribution in [0.15, 0.2) is 30.5 Å². The number of ether oxygens (including phenoxy) is 1. The molecule has 6 nitrogen and oxygen atoms in total. The van der Waals surface area contributed by atoms with Crippen LogP contribution in [-0.4, -0.2) is 42.3 Å². The second-order valence-corrected chi connectivity index (χ2v) is 10.1. The van der Waals surface area contributed by atoms with Gasteiger partial charge >= 0.3 is 0 Å². The summed E-state index contributed by atoms with van der Waals surface area (Å²) in [7, 11) is 0. The molecule has 0 saturated carbocycles. The molecule has 1 aromatic carbocycles. The number of aromatic nitrogens is 2.